The molecule has 0 aliphatic carbocycles. The lowest BCUT2D eigenvalue weighted by atomic mass is 10.2. The number of hydrogen-bond acceptors (Lipinski definition) is 3. The zero-order valence-electron chi connectivity index (χ0n) is 15.5. The van der Waals surface area contributed by atoms with Crippen LogP contribution in [-0.2, 0) is 10.0 Å². The van der Waals surface area contributed by atoms with Crippen LogP contribution >= 0.6 is 15.9 Å². The maximum atomic E-state index is 14.0. The zero-order valence-corrected chi connectivity index (χ0v) is 17.9. The third-order valence-electron chi connectivity index (χ3n) is 4.19. The summed E-state index contributed by atoms with van der Waals surface area (Å²) in [7, 11) is -3.87. The van der Waals surface area contributed by atoms with E-state index in [0.717, 1.165) is 0 Å². The molecule has 1 amide bonds. The minimum absolute atomic E-state index is 0.00549. The highest BCUT2D eigenvalue weighted by atomic mass is 79.9. The van der Waals surface area contributed by atoms with Crippen molar-refractivity contribution in [3.63, 3.8) is 0 Å². The predicted octanol–water partition coefficient (Wildman–Crippen LogP) is 5.06. The number of rotatable bonds is 6. The minimum atomic E-state index is -3.87. The highest BCUT2D eigenvalue weighted by Gasteiger charge is 2.24. The van der Waals surface area contributed by atoms with E-state index < -0.39 is 21.7 Å². The van der Waals surface area contributed by atoms with Crippen LogP contribution in [-0.4, -0.2) is 20.9 Å². The zero-order chi connectivity index (χ0) is 21.0. The van der Waals surface area contributed by atoms with Gasteiger partial charge in [-0.3, -0.25) is 9.10 Å². The Morgan fingerprint density at radius 1 is 1.03 bits per heavy atom. The van der Waals surface area contributed by atoms with Crippen LogP contribution in [0, 0.1) is 5.82 Å². The molecular formula is C21H18BrFN2O3S. The van der Waals surface area contributed by atoms with Crippen LogP contribution in [0.4, 0.5) is 15.8 Å². The topological polar surface area (TPSA) is 66.5 Å². The van der Waals surface area contributed by atoms with Crippen molar-refractivity contribution in [3.8, 4) is 0 Å². The molecule has 0 saturated heterocycles. The van der Waals surface area contributed by atoms with Gasteiger partial charge in [0, 0.05) is 16.6 Å². The fraction of sp³-hybridized carbons (Fsp3) is 0.0952. The number of amides is 1. The SMILES string of the molecule is CCN(c1ccccc1)S(=O)(=O)c1cccc(C(=O)Nc2ccc(Br)cc2F)c1. The molecule has 0 unspecified atom stereocenters. The second-order valence-corrected chi connectivity index (χ2v) is 8.89. The number of benzene rings is 3. The standard InChI is InChI=1S/C21H18BrFN2O3S/c1-2-25(17-8-4-3-5-9-17)29(27,28)18-10-6-7-15(13-18)21(26)24-20-12-11-16(22)14-19(20)23/h3-14H,2H2,1H3,(H,24,26). The molecule has 8 heteroatoms. The molecular weight excluding hydrogens is 459 g/mol. The quantitative estimate of drug-likeness (QED) is 0.540. The Labute approximate surface area is 177 Å². The van der Waals surface area contributed by atoms with Crippen molar-refractivity contribution >= 4 is 43.2 Å². The Morgan fingerprint density at radius 2 is 1.76 bits per heavy atom. The number of para-hydroxylation sites is 1. The van der Waals surface area contributed by atoms with Gasteiger partial charge in [-0.1, -0.05) is 40.2 Å². The van der Waals surface area contributed by atoms with Gasteiger partial charge in [0.15, 0.2) is 0 Å². The molecule has 0 atom stereocenters. The molecule has 1 N–H and O–H groups in total. The molecule has 0 spiro atoms. The van der Waals surface area contributed by atoms with Gasteiger partial charge in [0.05, 0.1) is 16.3 Å². The third kappa shape index (κ3) is 4.65. The van der Waals surface area contributed by atoms with E-state index in [-0.39, 0.29) is 22.7 Å². The van der Waals surface area contributed by atoms with E-state index in [2.05, 4.69) is 21.2 Å². The summed E-state index contributed by atoms with van der Waals surface area (Å²) >= 11 is 3.15. The first-order valence-corrected chi connectivity index (χ1v) is 11.0. The van der Waals surface area contributed by atoms with Crippen LogP contribution < -0.4 is 9.62 Å². The second-order valence-electron chi connectivity index (χ2n) is 6.11. The van der Waals surface area contributed by atoms with Gasteiger partial charge in [-0.2, -0.15) is 0 Å². The summed E-state index contributed by atoms with van der Waals surface area (Å²) in [6.07, 6.45) is 0. The van der Waals surface area contributed by atoms with E-state index in [4.69, 9.17) is 0 Å². The molecule has 3 aromatic carbocycles. The summed E-state index contributed by atoms with van der Waals surface area (Å²) in [6, 6.07) is 18.6. The highest BCUT2D eigenvalue weighted by Crippen LogP contribution is 2.25. The fourth-order valence-electron chi connectivity index (χ4n) is 2.80. The number of hydrogen-bond donors (Lipinski definition) is 1. The Bertz CT molecular complexity index is 1140. The third-order valence-corrected chi connectivity index (χ3v) is 6.59. The van der Waals surface area contributed by atoms with Crippen LogP contribution in [0.15, 0.2) is 82.2 Å². The Hall–Kier alpha value is -2.71. The maximum Gasteiger partial charge on any atom is 0.264 e. The number of anilines is 2. The molecule has 150 valence electrons. The molecule has 3 rings (SSSR count). The van der Waals surface area contributed by atoms with E-state index in [1.807, 2.05) is 0 Å². The van der Waals surface area contributed by atoms with Gasteiger partial charge in [-0.15, -0.1) is 0 Å². The summed E-state index contributed by atoms with van der Waals surface area (Å²) in [5, 5.41) is 2.46. The molecule has 29 heavy (non-hydrogen) atoms. The molecule has 0 saturated carbocycles. The van der Waals surface area contributed by atoms with Gasteiger partial charge in [-0.25, -0.2) is 12.8 Å². The van der Waals surface area contributed by atoms with Gasteiger partial charge >= 0.3 is 0 Å². The van der Waals surface area contributed by atoms with Crippen LogP contribution in [0.1, 0.15) is 17.3 Å². The Kier molecular flexibility index (Phi) is 6.34. The van der Waals surface area contributed by atoms with Crippen LogP contribution in [0.2, 0.25) is 0 Å². The van der Waals surface area contributed by atoms with Crippen molar-refractivity contribution in [2.24, 2.45) is 0 Å². The summed E-state index contributed by atoms with van der Waals surface area (Å²) in [4.78, 5) is 12.5. The highest BCUT2D eigenvalue weighted by molar-refractivity contribution is 9.10. The summed E-state index contributed by atoms with van der Waals surface area (Å²) < 4.78 is 42.0. The van der Waals surface area contributed by atoms with E-state index in [1.165, 1.54) is 40.7 Å². The van der Waals surface area contributed by atoms with Crippen LogP contribution in [0.3, 0.4) is 0 Å². The monoisotopic (exact) mass is 476 g/mol. The van der Waals surface area contributed by atoms with Crippen molar-refractivity contribution in [3.05, 3.63) is 88.6 Å². The number of nitrogens with one attached hydrogen (secondary N) is 1. The van der Waals surface area contributed by atoms with Gasteiger partial charge < -0.3 is 5.32 Å². The van der Waals surface area contributed by atoms with Crippen molar-refractivity contribution < 1.29 is 17.6 Å². The Morgan fingerprint density at radius 3 is 2.41 bits per heavy atom. The van der Waals surface area contributed by atoms with Crippen molar-refractivity contribution in [1.29, 1.82) is 0 Å². The van der Waals surface area contributed by atoms with Crippen molar-refractivity contribution in [2.45, 2.75) is 11.8 Å². The summed E-state index contributed by atoms with van der Waals surface area (Å²) in [6.45, 7) is 1.96. The van der Waals surface area contributed by atoms with E-state index in [9.17, 15) is 17.6 Å². The maximum absolute atomic E-state index is 14.0. The number of carbonyl (C=O) groups excluding carboxylic acids is 1. The van der Waals surface area contributed by atoms with E-state index in [0.29, 0.717) is 10.2 Å². The first-order valence-electron chi connectivity index (χ1n) is 8.77. The Balaban J connectivity index is 1.91. The molecule has 0 aliphatic rings. The lowest BCUT2D eigenvalue weighted by Crippen LogP contribution is -2.31. The smallest absolute Gasteiger partial charge is 0.264 e. The van der Waals surface area contributed by atoms with Crippen LogP contribution in [0.25, 0.3) is 0 Å². The largest absolute Gasteiger partial charge is 0.319 e. The van der Waals surface area contributed by atoms with Gasteiger partial charge in [0.25, 0.3) is 15.9 Å². The molecule has 5 nitrogen and oxygen atoms in total. The summed E-state index contributed by atoms with van der Waals surface area (Å²) in [5.74, 6) is -1.20. The molecule has 3 aromatic rings. The summed E-state index contributed by atoms with van der Waals surface area (Å²) in [5.41, 5.74) is 0.644. The molecule has 0 aromatic heterocycles. The molecule has 0 heterocycles. The first-order chi connectivity index (χ1) is 13.8. The molecule has 0 radical (unpaired) electrons. The van der Waals surface area contributed by atoms with Crippen molar-refractivity contribution in [1.82, 2.24) is 0 Å². The lowest BCUT2D eigenvalue weighted by molar-refractivity contribution is 0.102. The molecule has 0 aliphatic heterocycles. The average Bonchev–Trinajstić information content (AvgIpc) is 2.71. The van der Waals surface area contributed by atoms with E-state index >= 15 is 0 Å². The fourth-order valence-corrected chi connectivity index (χ4v) is 4.65. The average molecular weight is 477 g/mol. The number of carbonyl (C=O) groups is 1. The van der Waals surface area contributed by atoms with Gasteiger partial charge in [0.2, 0.25) is 0 Å². The normalized spacial score (nSPS) is 11.1. The number of nitrogens with zero attached hydrogens (tertiary/aromatic N) is 1. The lowest BCUT2D eigenvalue weighted by Gasteiger charge is -2.23. The van der Waals surface area contributed by atoms with Crippen LogP contribution in [0.5, 0.6) is 0 Å². The minimum Gasteiger partial charge on any atom is -0.319 e. The number of halogens is 2. The second kappa shape index (κ2) is 8.75. The van der Waals surface area contributed by atoms with E-state index in [1.54, 1.807) is 43.3 Å². The van der Waals surface area contributed by atoms with Crippen molar-refractivity contribution in [2.75, 3.05) is 16.2 Å². The predicted molar refractivity (Wildman–Crippen MR) is 115 cm³/mol. The number of sulfonamides is 1. The van der Waals surface area contributed by atoms with Gasteiger partial charge in [-0.05, 0) is 55.5 Å². The first kappa shape index (κ1) is 21.0. The van der Waals surface area contributed by atoms with Gasteiger partial charge in [0.1, 0.15) is 5.82 Å². The molecule has 0 bridgehead atoms. The molecule has 0 fully saturated rings.